The molecule has 1 aromatic heterocycles. The van der Waals surface area contributed by atoms with Gasteiger partial charge in [-0.1, -0.05) is 0 Å². The summed E-state index contributed by atoms with van der Waals surface area (Å²) < 4.78 is 4.96. The van der Waals surface area contributed by atoms with E-state index in [1.807, 2.05) is 32.0 Å². The number of hydrogen-bond donors (Lipinski definition) is 1. The molecule has 0 aliphatic rings. The summed E-state index contributed by atoms with van der Waals surface area (Å²) in [5.41, 5.74) is 1.97. The fraction of sp³-hybridized carbons (Fsp3) is 0.438. The van der Waals surface area contributed by atoms with Gasteiger partial charge in [-0.25, -0.2) is 4.79 Å². The lowest BCUT2D eigenvalue weighted by molar-refractivity contribution is 0.539. The van der Waals surface area contributed by atoms with Crippen LogP contribution >= 0.6 is 12.6 Å². The maximum Gasteiger partial charge on any atom is 0.340 e. The first-order chi connectivity index (χ1) is 9.36. The predicted molar refractivity (Wildman–Crippen MR) is 88.1 cm³/mol. The maximum absolute atomic E-state index is 12.1. The highest BCUT2D eigenvalue weighted by Crippen LogP contribution is 2.28. The van der Waals surface area contributed by atoms with Crippen LogP contribution in [-0.4, -0.2) is 13.1 Å². The van der Waals surface area contributed by atoms with Crippen LogP contribution in [0.4, 0.5) is 5.69 Å². The van der Waals surface area contributed by atoms with Crippen LogP contribution in [0, 0.1) is 0 Å². The zero-order valence-electron chi connectivity index (χ0n) is 12.4. The summed E-state index contributed by atoms with van der Waals surface area (Å²) >= 11 is 4.45. The molecule has 2 aromatic rings. The van der Waals surface area contributed by atoms with Crippen molar-refractivity contribution >= 4 is 29.3 Å². The zero-order chi connectivity index (χ0) is 14.9. The minimum absolute atomic E-state index is 0.311. The van der Waals surface area contributed by atoms with Crippen LogP contribution in [0.5, 0.6) is 0 Å². The van der Waals surface area contributed by atoms with Crippen molar-refractivity contribution in [2.24, 2.45) is 0 Å². The van der Waals surface area contributed by atoms with Gasteiger partial charge in [0, 0.05) is 35.0 Å². The minimum Gasteiger partial charge on any atom is -0.422 e. The molecule has 0 fully saturated rings. The van der Waals surface area contributed by atoms with E-state index in [1.165, 1.54) is 0 Å². The van der Waals surface area contributed by atoms with E-state index in [-0.39, 0.29) is 5.63 Å². The van der Waals surface area contributed by atoms with Crippen LogP contribution in [0.1, 0.15) is 33.3 Å². The molecule has 1 aromatic carbocycles. The van der Waals surface area contributed by atoms with E-state index in [0.717, 1.165) is 24.2 Å². The molecular weight excluding hydrogens is 270 g/mol. The molecule has 1 heterocycles. The molecule has 0 unspecified atom stereocenters. The SMILES string of the molecule is CCN(CC)c1ccc2cc(C(C)(C)S)c(=O)oc2c1. The smallest absolute Gasteiger partial charge is 0.340 e. The highest BCUT2D eigenvalue weighted by atomic mass is 32.1. The number of rotatable bonds is 4. The molecule has 20 heavy (non-hydrogen) atoms. The summed E-state index contributed by atoms with van der Waals surface area (Å²) in [4.78, 5) is 14.3. The zero-order valence-corrected chi connectivity index (χ0v) is 13.3. The molecule has 0 radical (unpaired) electrons. The summed E-state index contributed by atoms with van der Waals surface area (Å²) in [5.74, 6) is 0. The minimum atomic E-state index is -0.508. The number of fused-ring (bicyclic) bond motifs is 1. The van der Waals surface area contributed by atoms with Crippen LogP contribution in [0.2, 0.25) is 0 Å². The standard InChI is InChI=1S/C16H21NO2S/c1-5-17(6-2)12-8-7-11-9-13(16(3,4)20)15(18)19-14(11)10-12/h7-10,20H,5-6H2,1-4H3. The highest BCUT2D eigenvalue weighted by molar-refractivity contribution is 7.81. The van der Waals surface area contributed by atoms with Crippen molar-refractivity contribution in [2.45, 2.75) is 32.4 Å². The van der Waals surface area contributed by atoms with Crippen molar-refractivity contribution in [1.82, 2.24) is 0 Å². The lowest BCUT2D eigenvalue weighted by atomic mass is 10.0. The van der Waals surface area contributed by atoms with Crippen LogP contribution in [0.25, 0.3) is 11.0 Å². The highest BCUT2D eigenvalue weighted by Gasteiger charge is 2.21. The van der Waals surface area contributed by atoms with E-state index in [2.05, 4.69) is 37.4 Å². The van der Waals surface area contributed by atoms with Gasteiger partial charge in [-0.15, -0.1) is 0 Å². The molecule has 3 nitrogen and oxygen atoms in total. The Labute approximate surface area is 125 Å². The molecule has 108 valence electrons. The molecule has 0 amide bonds. The number of anilines is 1. The van der Waals surface area contributed by atoms with Crippen molar-refractivity contribution in [1.29, 1.82) is 0 Å². The first-order valence-electron chi connectivity index (χ1n) is 6.92. The van der Waals surface area contributed by atoms with E-state index in [1.54, 1.807) is 0 Å². The van der Waals surface area contributed by atoms with Gasteiger partial charge in [0.1, 0.15) is 5.58 Å². The van der Waals surface area contributed by atoms with Crippen molar-refractivity contribution < 1.29 is 4.42 Å². The quantitative estimate of drug-likeness (QED) is 0.687. The van der Waals surface area contributed by atoms with Crippen molar-refractivity contribution in [3.8, 4) is 0 Å². The Kier molecular flexibility index (Phi) is 4.14. The summed E-state index contributed by atoms with van der Waals surface area (Å²) in [5, 5.41) is 0.928. The van der Waals surface area contributed by atoms with Crippen LogP contribution in [0.3, 0.4) is 0 Å². The number of benzene rings is 1. The molecule has 0 aliphatic heterocycles. The maximum atomic E-state index is 12.1. The van der Waals surface area contributed by atoms with Crippen molar-refractivity contribution in [3.05, 3.63) is 40.2 Å². The predicted octanol–water partition coefficient (Wildman–Crippen LogP) is 3.80. The van der Waals surface area contributed by atoms with Gasteiger partial charge in [-0.2, -0.15) is 12.6 Å². The van der Waals surface area contributed by atoms with E-state index in [4.69, 9.17) is 4.42 Å². The van der Waals surface area contributed by atoms with E-state index in [9.17, 15) is 4.79 Å². The number of thiol groups is 1. The Morgan fingerprint density at radius 1 is 1.20 bits per heavy atom. The number of hydrogen-bond acceptors (Lipinski definition) is 4. The van der Waals surface area contributed by atoms with Gasteiger partial charge in [0.25, 0.3) is 0 Å². The fourth-order valence-corrected chi connectivity index (χ4v) is 2.47. The van der Waals surface area contributed by atoms with Gasteiger partial charge in [0.05, 0.1) is 5.56 Å². The lowest BCUT2D eigenvalue weighted by Gasteiger charge is -2.21. The molecule has 0 N–H and O–H groups in total. The number of nitrogens with zero attached hydrogens (tertiary/aromatic N) is 1. The van der Waals surface area contributed by atoms with E-state index >= 15 is 0 Å². The van der Waals surface area contributed by atoms with Gasteiger partial charge in [-0.3, -0.25) is 0 Å². The second-order valence-corrected chi connectivity index (χ2v) is 6.52. The Hall–Kier alpha value is -1.42. The second-order valence-electron chi connectivity index (χ2n) is 5.40. The summed E-state index contributed by atoms with van der Waals surface area (Å²) in [7, 11) is 0. The van der Waals surface area contributed by atoms with Gasteiger partial charge >= 0.3 is 5.63 Å². The van der Waals surface area contributed by atoms with E-state index in [0.29, 0.717) is 11.1 Å². The molecule has 2 rings (SSSR count). The second kappa shape index (κ2) is 5.52. The van der Waals surface area contributed by atoms with Gasteiger partial charge in [-0.05, 0) is 45.9 Å². The third-order valence-corrected chi connectivity index (χ3v) is 3.75. The molecule has 0 aliphatic carbocycles. The Balaban J connectivity index is 2.59. The van der Waals surface area contributed by atoms with Gasteiger partial charge in [0.2, 0.25) is 0 Å². The van der Waals surface area contributed by atoms with Crippen LogP contribution in [0.15, 0.2) is 33.5 Å². The molecule has 0 atom stereocenters. The largest absolute Gasteiger partial charge is 0.422 e. The van der Waals surface area contributed by atoms with Crippen LogP contribution < -0.4 is 10.5 Å². The Bertz CT molecular complexity index is 666. The van der Waals surface area contributed by atoms with Crippen molar-refractivity contribution in [3.63, 3.8) is 0 Å². The Morgan fingerprint density at radius 2 is 1.85 bits per heavy atom. The molecule has 0 saturated carbocycles. The third-order valence-electron chi connectivity index (χ3n) is 3.51. The average Bonchev–Trinajstić information content (AvgIpc) is 2.38. The molecule has 0 saturated heterocycles. The summed E-state index contributed by atoms with van der Waals surface area (Å²) in [6.45, 7) is 9.84. The fourth-order valence-electron chi connectivity index (χ4n) is 2.31. The van der Waals surface area contributed by atoms with Gasteiger partial charge < -0.3 is 9.32 Å². The molecule has 4 heteroatoms. The normalized spacial score (nSPS) is 11.8. The molecule has 0 bridgehead atoms. The van der Waals surface area contributed by atoms with E-state index < -0.39 is 4.75 Å². The summed E-state index contributed by atoms with van der Waals surface area (Å²) in [6.07, 6.45) is 0. The molecular formula is C16H21NO2S. The first-order valence-corrected chi connectivity index (χ1v) is 7.37. The lowest BCUT2D eigenvalue weighted by Crippen LogP contribution is -2.22. The third kappa shape index (κ3) is 2.85. The first kappa shape index (κ1) is 15.0. The monoisotopic (exact) mass is 291 g/mol. The van der Waals surface area contributed by atoms with Crippen molar-refractivity contribution in [2.75, 3.05) is 18.0 Å². The summed E-state index contributed by atoms with van der Waals surface area (Å²) in [6, 6.07) is 7.86. The van der Waals surface area contributed by atoms with Crippen LogP contribution in [-0.2, 0) is 4.75 Å². The average molecular weight is 291 g/mol. The topological polar surface area (TPSA) is 33.5 Å². The Morgan fingerprint density at radius 3 is 2.40 bits per heavy atom. The molecule has 0 spiro atoms. The van der Waals surface area contributed by atoms with Gasteiger partial charge in [0.15, 0.2) is 0 Å².